The van der Waals surface area contributed by atoms with Crippen molar-refractivity contribution in [3.05, 3.63) is 65.2 Å². The summed E-state index contributed by atoms with van der Waals surface area (Å²) in [6.07, 6.45) is 12.9. The smallest absolute Gasteiger partial charge is 0.155 e. The molecule has 3 fully saturated rings. The van der Waals surface area contributed by atoms with E-state index < -0.39 is 5.60 Å². The second kappa shape index (κ2) is 9.04. The number of fused-ring (bicyclic) bond motifs is 5. The first-order valence-electron chi connectivity index (χ1n) is 13.6. The average molecular weight is 504 g/mol. The number of hydrogen-bond donors (Lipinski definition) is 2. The molecule has 1 aromatic heterocycles. The van der Waals surface area contributed by atoms with Gasteiger partial charge in [0.15, 0.2) is 5.78 Å². The lowest BCUT2D eigenvalue weighted by Crippen LogP contribution is -2.55. The van der Waals surface area contributed by atoms with Crippen LogP contribution in [0.2, 0.25) is 0 Å². The molecule has 0 saturated heterocycles. The Labute approximate surface area is 218 Å². The second-order valence-corrected chi connectivity index (χ2v) is 12.9. The van der Waals surface area contributed by atoms with Crippen LogP contribution in [0.3, 0.4) is 0 Å². The summed E-state index contributed by atoms with van der Waals surface area (Å²) in [5, 5.41) is 24.5. The minimum Gasteiger partial charge on any atom is -0.392 e. The van der Waals surface area contributed by atoms with Crippen LogP contribution < -0.4 is 0 Å². The number of aliphatic hydroxyl groups is 2. The number of aromatic nitrogens is 1. The third kappa shape index (κ3) is 3.69. The van der Waals surface area contributed by atoms with Crippen molar-refractivity contribution in [1.29, 1.82) is 0 Å². The van der Waals surface area contributed by atoms with Crippen LogP contribution >= 0.6 is 11.3 Å². The first-order chi connectivity index (χ1) is 17.3. The van der Waals surface area contributed by atoms with Crippen molar-refractivity contribution >= 4 is 17.1 Å². The predicted molar refractivity (Wildman–Crippen MR) is 143 cm³/mol. The zero-order valence-electron chi connectivity index (χ0n) is 21.3. The molecule has 0 spiro atoms. The molecule has 8 atom stereocenters. The highest BCUT2D eigenvalue weighted by Gasteiger charge is 2.64. The maximum Gasteiger partial charge on any atom is 0.155 e. The predicted octanol–water partition coefficient (Wildman–Crippen LogP) is 6.17. The Morgan fingerprint density at radius 3 is 2.72 bits per heavy atom. The first kappa shape index (κ1) is 24.3. The third-order valence-corrected chi connectivity index (χ3v) is 11.2. The van der Waals surface area contributed by atoms with Crippen molar-refractivity contribution in [2.45, 2.75) is 63.9 Å². The molecule has 4 aliphatic carbocycles. The minimum atomic E-state index is -0.896. The monoisotopic (exact) mass is 503 g/mol. The van der Waals surface area contributed by atoms with Gasteiger partial charge in [-0.3, -0.25) is 4.79 Å². The summed E-state index contributed by atoms with van der Waals surface area (Å²) < 4.78 is 0. The topological polar surface area (TPSA) is 70.4 Å². The molecule has 0 amide bonds. The SMILES string of the molecule is C[C@@H]1C[C@@H]2[C@H]([C@@H](c3ccc(-c4nccs4)cc3)C[C@@]3(C)[C@H]2CC[C@@]3(O)/C=C\CO)[C@H]2CCC(=O)C=C12. The van der Waals surface area contributed by atoms with Crippen molar-refractivity contribution in [2.75, 3.05) is 6.61 Å². The number of carbonyl (C=O) groups is 1. The highest BCUT2D eigenvalue weighted by molar-refractivity contribution is 7.13. The van der Waals surface area contributed by atoms with Gasteiger partial charge in [0.2, 0.25) is 0 Å². The molecule has 1 aromatic carbocycles. The van der Waals surface area contributed by atoms with E-state index in [1.54, 1.807) is 17.4 Å². The van der Waals surface area contributed by atoms with Gasteiger partial charge in [-0.2, -0.15) is 0 Å². The Kier molecular flexibility index (Phi) is 6.09. The van der Waals surface area contributed by atoms with Gasteiger partial charge in [0.05, 0.1) is 12.2 Å². The van der Waals surface area contributed by atoms with Crippen LogP contribution in [-0.2, 0) is 4.79 Å². The number of ketones is 1. The molecule has 1 heterocycles. The number of rotatable bonds is 4. The lowest BCUT2D eigenvalue weighted by atomic mass is 9.45. The highest BCUT2D eigenvalue weighted by Crippen LogP contribution is 2.69. The number of aliphatic hydroxyl groups excluding tert-OH is 1. The first-order valence-corrected chi connectivity index (χ1v) is 14.5. The molecule has 5 heteroatoms. The number of hydrogen-bond acceptors (Lipinski definition) is 5. The van der Waals surface area contributed by atoms with Gasteiger partial charge >= 0.3 is 0 Å². The molecule has 0 aliphatic heterocycles. The molecular formula is C31H37NO3S. The van der Waals surface area contributed by atoms with E-state index in [4.69, 9.17) is 0 Å². The fraction of sp³-hybridized carbons (Fsp3) is 0.548. The Balaban J connectivity index is 1.44. The second-order valence-electron chi connectivity index (χ2n) is 12.0. The molecular weight excluding hydrogens is 466 g/mol. The van der Waals surface area contributed by atoms with Crippen LogP contribution in [-0.4, -0.2) is 33.2 Å². The van der Waals surface area contributed by atoms with Gasteiger partial charge in [-0.05, 0) is 79.3 Å². The van der Waals surface area contributed by atoms with Crippen molar-refractivity contribution in [2.24, 2.45) is 35.0 Å². The van der Waals surface area contributed by atoms with Crippen LogP contribution in [0.25, 0.3) is 10.6 Å². The van der Waals surface area contributed by atoms with E-state index in [0.717, 1.165) is 42.7 Å². The van der Waals surface area contributed by atoms with Gasteiger partial charge in [0.25, 0.3) is 0 Å². The van der Waals surface area contributed by atoms with E-state index >= 15 is 0 Å². The summed E-state index contributed by atoms with van der Waals surface area (Å²) >= 11 is 1.66. The van der Waals surface area contributed by atoms with Crippen molar-refractivity contribution in [1.82, 2.24) is 4.98 Å². The minimum absolute atomic E-state index is 0.0436. The molecule has 36 heavy (non-hydrogen) atoms. The maximum absolute atomic E-state index is 12.4. The van der Waals surface area contributed by atoms with E-state index in [1.807, 2.05) is 23.7 Å². The van der Waals surface area contributed by atoms with E-state index in [1.165, 1.54) is 11.1 Å². The lowest BCUT2D eigenvalue weighted by Gasteiger charge is -2.59. The van der Waals surface area contributed by atoms with Crippen molar-refractivity contribution < 1.29 is 15.0 Å². The Hall–Kier alpha value is -2.08. The number of benzene rings is 1. The number of nitrogens with zero attached hydrogens (tertiary/aromatic N) is 1. The quantitative estimate of drug-likeness (QED) is 0.490. The fourth-order valence-corrected chi connectivity index (χ4v) is 9.42. The Morgan fingerprint density at radius 1 is 1.19 bits per heavy atom. The number of carbonyl (C=O) groups excluding carboxylic acids is 1. The van der Waals surface area contributed by atoms with Gasteiger partial charge in [-0.25, -0.2) is 4.98 Å². The van der Waals surface area contributed by atoms with Gasteiger partial charge in [-0.1, -0.05) is 55.8 Å². The summed E-state index contributed by atoms with van der Waals surface area (Å²) in [6, 6.07) is 8.98. The van der Waals surface area contributed by atoms with Crippen LogP contribution in [0.4, 0.5) is 0 Å². The van der Waals surface area contributed by atoms with Gasteiger partial charge in [-0.15, -0.1) is 11.3 Å². The normalized spacial score (nSPS) is 40.0. The van der Waals surface area contributed by atoms with Crippen LogP contribution in [0, 0.1) is 35.0 Å². The number of allylic oxidation sites excluding steroid dienone is 1. The van der Waals surface area contributed by atoms with E-state index in [9.17, 15) is 15.0 Å². The maximum atomic E-state index is 12.4. The molecule has 6 rings (SSSR count). The third-order valence-electron chi connectivity index (χ3n) is 10.4. The van der Waals surface area contributed by atoms with Crippen molar-refractivity contribution in [3.63, 3.8) is 0 Å². The molecule has 2 N–H and O–H groups in total. The standard InChI is InChI=1S/C31H37NO3S/c1-19-16-25-27-10-12-31(35,11-3-14-33)30(27,2)18-26(28(25)23-9-8-22(34)17-24(19)23)20-4-6-21(7-5-20)29-32-13-15-36-29/h3-7,11,13,15,17,19,23,25-28,33,35H,8-10,12,14,16,18H2,1-2H3/b11-3-/t19-,23+,25+,26-,27+,28-,30+,31+/m1/s1. The van der Waals surface area contributed by atoms with E-state index in [2.05, 4.69) is 43.1 Å². The molecule has 0 radical (unpaired) electrons. The zero-order valence-corrected chi connectivity index (χ0v) is 22.1. The van der Waals surface area contributed by atoms with Crippen LogP contribution in [0.1, 0.15) is 63.9 Å². The van der Waals surface area contributed by atoms with Crippen LogP contribution in [0.5, 0.6) is 0 Å². The summed E-state index contributed by atoms with van der Waals surface area (Å²) in [6.45, 7) is 4.57. The molecule has 2 aromatic rings. The summed E-state index contributed by atoms with van der Waals surface area (Å²) in [5.41, 5.74) is 2.73. The molecule has 190 valence electrons. The highest BCUT2D eigenvalue weighted by atomic mass is 32.1. The van der Waals surface area contributed by atoms with E-state index in [0.29, 0.717) is 47.7 Å². The van der Waals surface area contributed by atoms with Gasteiger partial charge < -0.3 is 10.2 Å². The number of thiazole rings is 1. The zero-order chi connectivity index (χ0) is 25.1. The Bertz CT molecular complexity index is 1180. The molecule has 3 saturated carbocycles. The summed E-state index contributed by atoms with van der Waals surface area (Å²) in [7, 11) is 0. The van der Waals surface area contributed by atoms with Gasteiger partial charge in [0.1, 0.15) is 5.01 Å². The van der Waals surface area contributed by atoms with E-state index in [-0.39, 0.29) is 12.0 Å². The lowest BCUT2D eigenvalue weighted by molar-refractivity contribution is -0.118. The molecule has 4 aliphatic rings. The molecule has 4 nitrogen and oxygen atoms in total. The Morgan fingerprint density at radius 2 is 2.00 bits per heavy atom. The van der Waals surface area contributed by atoms with Gasteiger partial charge in [0, 0.05) is 29.0 Å². The van der Waals surface area contributed by atoms with Crippen LogP contribution in [0.15, 0.2) is 59.6 Å². The fourth-order valence-electron chi connectivity index (χ4n) is 8.77. The molecule has 0 unspecified atom stereocenters. The largest absolute Gasteiger partial charge is 0.392 e. The molecule has 0 bridgehead atoms. The van der Waals surface area contributed by atoms with Crippen molar-refractivity contribution in [3.8, 4) is 10.6 Å². The summed E-state index contributed by atoms with van der Waals surface area (Å²) in [4.78, 5) is 16.9. The average Bonchev–Trinajstić information content (AvgIpc) is 3.50. The summed E-state index contributed by atoms with van der Waals surface area (Å²) in [5.74, 6) is 2.94.